The molecule has 162 valence electrons. The van der Waals surface area contributed by atoms with Gasteiger partial charge in [0.2, 0.25) is 17.7 Å². The van der Waals surface area contributed by atoms with Crippen molar-refractivity contribution in [2.75, 3.05) is 6.54 Å². The van der Waals surface area contributed by atoms with Gasteiger partial charge < -0.3 is 10.4 Å². The van der Waals surface area contributed by atoms with Crippen LogP contribution in [-0.4, -0.2) is 51.9 Å². The second-order valence-electron chi connectivity index (χ2n) is 7.68. The van der Waals surface area contributed by atoms with Crippen LogP contribution in [-0.2, 0) is 37.0 Å². The molecule has 1 aromatic rings. The second kappa shape index (κ2) is 10.8. The molecular weight excluding hydrogens is 388 g/mol. The van der Waals surface area contributed by atoms with Crippen LogP contribution in [0.3, 0.4) is 0 Å². The third-order valence-electron chi connectivity index (χ3n) is 5.18. The van der Waals surface area contributed by atoms with E-state index < -0.39 is 17.9 Å². The molecule has 0 unspecified atom stereocenters. The van der Waals surface area contributed by atoms with Crippen LogP contribution in [0.25, 0.3) is 0 Å². The quantitative estimate of drug-likeness (QED) is 0.518. The fourth-order valence-corrected chi connectivity index (χ4v) is 3.20. The molecule has 0 spiro atoms. The number of benzene rings is 1. The van der Waals surface area contributed by atoms with Gasteiger partial charge in [-0.2, -0.15) is 0 Å². The van der Waals surface area contributed by atoms with Gasteiger partial charge in [-0.3, -0.25) is 28.9 Å². The van der Waals surface area contributed by atoms with E-state index in [1.165, 1.54) is 0 Å². The fourth-order valence-electron chi connectivity index (χ4n) is 3.20. The molecule has 2 N–H and O–H groups in total. The number of amides is 3. The molecule has 0 saturated carbocycles. The number of ketones is 2. The van der Waals surface area contributed by atoms with E-state index in [1.807, 2.05) is 0 Å². The lowest BCUT2D eigenvalue weighted by molar-refractivity contribution is -0.139. The van der Waals surface area contributed by atoms with E-state index in [0.717, 1.165) is 16.0 Å². The molecule has 1 saturated heterocycles. The lowest BCUT2D eigenvalue weighted by Crippen LogP contribution is -2.42. The van der Waals surface area contributed by atoms with Gasteiger partial charge >= 0.3 is 0 Å². The average Bonchev–Trinajstić information content (AvgIpc) is 3.04. The van der Waals surface area contributed by atoms with Gasteiger partial charge in [0.25, 0.3) is 0 Å². The molecule has 1 aliphatic rings. The maximum atomic E-state index is 12.4. The number of carbonyl (C=O) groups is 5. The number of imide groups is 1. The lowest BCUT2D eigenvalue weighted by atomic mass is 10.00. The number of carbonyl (C=O) groups excluding carboxylic acids is 5. The van der Waals surface area contributed by atoms with E-state index in [9.17, 15) is 24.0 Å². The summed E-state index contributed by atoms with van der Waals surface area (Å²) in [6.45, 7) is 3.18. The molecule has 1 heterocycles. The van der Waals surface area contributed by atoms with E-state index in [4.69, 9.17) is 5.11 Å². The summed E-state index contributed by atoms with van der Waals surface area (Å²) in [6.07, 6.45) is 0.518. The molecule has 1 aliphatic heterocycles. The topological polar surface area (TPSA) is 121 Å². The van der Waals surface area contributed by atoms with E-state index in [2.05, 4.69) is 5.32 Å². The molecule has 2 rings (SSSR count). The van der Waals surface area contributed by atoms with Crippen molar-refractivity contribution in [1.29, 1.82) is 0 Å². The Hall–Kier alpha value is -2.87. The zero-order valence-corrected chi connectivity index (χ0v) is 17.3. The molecule has 0 aliphatic carbocycles. The number of likely N-dealkylation sites (tertiary alicyclic amines) is 1. The van der Waals surface area contributed by atoms with Gasteiger partial charge in [0.05, 0.1) is 12.6 Å². The zero-order valence-electron chi connectivity index (χ0n) is 17.3. The molecule has 1 fully saturated rings. The van der Waals surface area contributed by atoms with Gasteiger partial charge in [0.15, 0.2) is 5.78 Å². The Labute approximate surface area is 175 Å². The van der Waals surface area contributed by atoms with Crippen molar-refractivity contribution in [2.24, 2.45) is 5.92 Å². The minimum atomic E-state index is -0.701. The number of aliphatic hydroxyl groups excluding tert-OH is 1. The number of hydrogen-bond donors (Lipinski definition) is 2. The monoisotopic (exact) mass is 416 g/mol. The van der Waals surface area contributed by atoms with Gasteiger partial charge in [-0.15, -0.1) is 0 Å². The molecule has 0 radical (unpaired) electrons. The van der Waals surface area contributed by atoms with Crippen molar-refractivity contribution in [1.82, 2.24) is 10.2 Å². The summed E-state index contributed by atoms with van der Waals surface area (Å²) in [5, 5.41) is 11.7. The van der Waals surface area contributed by atoms with Gasteiger partial charge in [-0.1, -0.05) is 31.2 Å². The van der Waals surface area contributed by atoms with Crippen LogP contribution in [0.5, 0.6) is 0 Å². The standard InChI is InChI=1S/C22H28N2O6/c1-14(11-18(26)9-10-24-20(28)7-8-21(24)29)22(30)23-15(2)19(27)12-16-3-5-17(13-25)6-4-16/h3-6,14-15,25H,7-13H2,1-2H3,(H,23,30)/t14-,15+/m1/s1. The summed E-state index contributed by atoms with van der Waals surface area (Å²) >= 11 is 0. The maximum absolute atomic E-state index is 12.4. The minimum Gasteiger partial charge on any atom is -0.392 e. The van der Waals surface area contributed by atoms with Gasteiger partial charge in [-0.25, -0.2) is 0 Å². The molecule has 8 heteroatoms. The number of Topliss-reactive ketones (excluding diaryl/α,β-unsaturated/α-hetero) is 2. The molecule has 0 bridgehead atoms. The highest BCUT2D eigenvalue weighted by Gasteiger charge is 2.29. The van der Waals surface area contributed by atoms with Crippen molar-refractivity contribution in [3.8, 4) is 0 Å². The first-order chi connectivity index (χ1) is 14.2. The van der Waals surface area contributed by atoms with E-state index in [1.54, 1.807) is 38.1 Å². The van der Waals surface area contributed by atoms with Crippen LogP contribution >= 0.6 is 0 Å². The highest BCUT2D eigenvalue weighted by molar-refractivity contribution is 6.02. The third kappa shape index (κ3) is 6.59. The van der Waals surface area contributed by atoms with Crippen molar-refractivity contribution >= 4 is 29.3 Å². The predicted molar refractivity (Wildman–Crippen MR) is 108 cm³/mol. The number of nitrogens with one attached hydrogen (secondary N) is 1. The predicted octanol–water partition coefficient (Wildman–Crippen LogP) is 0.930. The highest BCUT2D eigenvalue weighted by atomic mass is 16.3. The Morgan fingerprint density at radius 1 is 1.03 bits per heavy atom. The van der Waals surface area contributed by atoms with Gasteiger partial charge in [0.1, 0.15) is 5.78 Å². The Morgan fingerprint density at radius 3 is 2.17 bits per heavy atom. The number of nitrogens with zero attached hydrogens (tertiary/aromatic N) is 1. The van der Waals surface area contributed by atoms with Crippen LogP contribution in [0.4, 0.5) is 0 Å². The normalized spacial score (nSPS) is 15.8. The van der Waals surface area contributed by atoms with Gasteiger partial charge in [0, 0.05) is 44.6 Å². The molecule has 0 aromatic heterocycles. The fraction of sp³-hybridized carbons (Fsp3) is 0.500. The smallest absolute Gasteiger partial charge is 0.229 e. The Morgan fingerprint density at radius 2 is 1.60 bits per heavy atom. The molecule has 1 aromatic carbocycles. The maximum Gasteiger partial charge on any atom is 0.229 e. The zero-order chi connectivity index (χ0) is 22.3. The third-order valence-corrected chi connectivity index (χ3v) is 5.18. The molecule has 2 atom stereocenters. The Bertz CT molecular complexity index is 801. The number of hydrogen-bond acceptors (Lipinski definition) is 6. The number of aliphatic hydroxyl groups is 1. The van der Waals surface area contributed by atoms with Crippen LogP contribution in [0.1, 0.15) is 50.7 Å². The molecule has 30 heavy (non-hydrogen) atoms. The summed E-state index contributed by atoms with van der Waals surface area (Å²) in [4.78, 5) is 61.0. The van der Waals surface area contributed by atoms with E-state index in [0.29, 0.717) is 0 Å². The van der Waals surface area contributed by atoms with Crippen molar-refractivity contribution in [3.63, 3.8) is 0 Å². The van der Waals surface area contributed by atoms with E-state index >= 15 is 0 Å². The summed E-state index contributed by atoms with van der Waals surface area (Å²) in [7, 11) is 0. The van der Waals surface area contributed by atoms with Crippen molar-refractivity contribution in [2.45, 2.75) is 58.6 Å². The van der Waals surface area contributed by atoms with Crippen LogP contribution in [0, 0.1) is 5.92 Å². The van der Waals surface area contributed by atoms with Crippen LogP contribution in [0.2, 0.25) is 0 Å². The molecule has 8 nitrogen and oxygen atoms in total. The SMILES string of the molecule is C[C@H](CC(=O)CCN1C(=O)CCC1=O)C(=O)N[C@@H](C)C(=O)Cc1ccc(CO)cc1. The Balaban J connectivity index is 1.76. The second-order valence-corrected chi connectivity index (χ2v) is 7.68. The first-order valence-corrected chi connectivity index (χ1v) is 10.1. The summed E-state index contributed by atoms with van der Waals surface area (Å²) in [6, 6.07) is 6.29. The average molecular weight is 416 g/mol. The Kier molecular flexibility index (Phi) is 8.41. The molecule has 3 amide bonds. The molecular formula is C22H28N2O6. The highest BCUT2D eigenvalue weighted by Crippen LogP contribution is 2.13. The minimum absolute atomic E-state index is 0.0212. The van der Waals surface area contributed by atoms with Crippen molar-refractivity contribution in [3.05, 3.63) is 35.4 Å². The van der Waals surface area contributed by atoms with Crippen molar-refractivity contribution < 1.29 is 29.1 Å². The lowest BCUT2D eigenvalue weighted by Gasteiger charge is -2.17. The number of rotatable bonds is 11. The first kappa shape index (κ1) is 23.4. The summed E-state index contributed by atoms with van der Waals surface area (Å²) < 4.78 is 0. The van der Waals surface area contributed by atoms with E-state index in [-0.39, 0.29) is 68.6 Å². The first-order valence-electron chi connectivity index (χ1n) is 10.1. The largest absolute Gasteiger partial charge is 0.392 e. The summed E-state index contributed by atoms with van der Waals surface area (Å²) in [5.74, 6) is -1.93. The van der Waals surface area contributed by atoms with Gasteiger partial charge in [-0.05, 0) is 18.1 Å². The van der Waals surface area contributed by atoms with Crippen LogP contribution in [0.15, 0.2) is 24.3 Å². The van der Waals surface area contributed by atoms with Crippen LogP contribution < -0.4 is 5.32 Å². The summed E-state index contributed by atoms with van der Waals surface area (Å²) in [5.41, 5.74) is 1.54.